The van der Waals surface area contributed by atoms with E-state index in [-0.39, 0.29) is 5.41 Å². The predicted molar refractivity (Wildman–Crippen MR) is 38.9 cm³/mol. The fourth-order valence-corrected chi connectivity index (χ4v) is 0.620. The molecule has 0 saturated carbocycles. The van der Waals surface area contributed by atoms with Gasteiger partial charge < -0.3 is 5.84 Å². The van der Waals surface area contributed by atoms with E-state index in [0.717, 1.165) is 5.69 Å². The van der Waals surface area contributed by atoms with E-state index in [9.17, 15) is 0 Å². The summed E-state index contributed by atoms with van der Waals surface area (Å²) in [5.74, 6) is 5.32. The standard InChI is InChI=1S/C6H12N4/c1-6(2,3)5-4-10(7)9-8-5/h4H,7H2,1-3H3. The van der Waals surface area contributed by atoms with Gasteiger partial charge >= 0.3 is 0 Å². The molecule has 0 bridgehead atoms. The highest BCUT2D eigenvalue weighted by Crippen LogP contribution is 2.17. The SMILES string of the molecule is CC(C)(C)c1cn(N)nn1. The third kappa shape index (κ3) is 1.26. The summed E-state index contributed by atoms with van der Waals surface area (Å²) in [5.41, 5.74) is 0.951. The van der Waals surface area contributed by atoms with E-state index in [0.29, 0.717) is 0 Å². The molecule has 1 aromatic heterocycles. The average molecular weight is 140 g/mol. The van der Waals surface area contributed by atoms with Crippen molar-refractivity contribution in [1.29, 1.82) is 0 Å². The second kappa shape index (κ2) is 1.97. The van der Waals surface area contributed by atoms with Gasteiger partial charge in [-0.15, -0.1) is 5.10 Å². The molecule has 0 aliphatic heterocycles. The second-order valence-corrected chi connectivity index (χ2v) is 3.33. The van der Waals surface area contributed by atoms with Gasteiger partial charge in [-0.05, 0) is 5.21 Å². The molecule has 0 aliphatic rings. The first kappa shape index (κ1) is 7.05. The van der Waals surface area contributed by atoms with E-state index in [4.69, 9.17) is 5.84 Å². The van der Waals surface area contributed by atoms with Crippen LogP contribution in [-0.4, -0.2) is 15.1 Å². The molecule has 0 aliphatic carbocycles. The quantitative estimate of drug-likeness (QED) is 0.527. The van der Waals surface area contributed by atoms with Crippen molar-refractivity contribution in [2.24, 2.45) is 0 Å². The molecule has 4 heteroatoms. The van der Waals surface area contributed by atoms with Gasteiger partial charge in [0.15, 0.2) is 0 Å². The summed E-state index contributed by atoms with van der Waals surface area (Å²) in [7, 11) is 0. The van der Waals surface area contributed by atoms with Gasteiger partial charge in [0.25, 0.3) is 0 Å². The third-order valence-corrected chi connectivity index (χ3v) is 1.28. The van der Waals surface area contributed by atoms with Crippen molar-refractivity contribution >= 4 is 0 Å². The Morgan fingerprint density at radius 3 is 2.30 bits per heavy atom. The van der Waals surface area contributed by atoms with Gasteiger partial charge in [0.1, 0.15) is 0 Å². The molecule has 0 radical (unpaired) electrons. The van der Waals surface area contributed by atoms with E-state index in [1.54, 1.807) is 6.20 Å². The van der Waals surface area contributed by atoms with Crippen LogP contribution in [0.5, 0.6) is 0 Å². The number of hydrogen-bond donors (Lipinski definition) is 1. The van der Waals surface area contributed by atoms with Crippen LogP contribution in [0.15, 0.2) is 6.20 Å². The van der Waals surface area contributed by atoms with Crippen LogP contribution in [0.4, 0.5) is 0 Å². The van der Waals surface area contributed by atoms with Crippen LogP contribution in [0.2, 0.25) is 0 Å². The zero-order chi connectivity index (χ0) is 7.78. The molecule has 0 amide bonds. The number of hydrogen-bond acceptors (Lipinski definition) is 3. The van der Waals surface area contributed by atoms with Gasteiger partial charge in [0.2, 0.25) is 0 Å². The van der Waals surface area contributed by atoms with Crippen molar-refractivity contribution in [3.63, 3.8) is 0 Å². The molecule has 0 spiro atoms. The molecular formula is C6H12N4. The topological polar surface area (TPSA) is 56.7 Å². The molecule has 56 valence electrons. The zero-order valence-corrected chi connectivity index (χ0v) is 6.50. The monoisotopic (exact) mass is 140 g/mol. The molecule has 0 fully saturated rings. The summed E-state index contributed by atoms with van der Waals surface area (Å²) in [5, 5.41) is 7.50. The number of nitrogen functional groups attached to an aromatic ring is 1. The molecule has 0 atom stereocenters. The fourth-order valence-electron chi connectivity index (χ4n) is 0.620. The van der Waals surface area contributed by atoms with Crippen LogP contribution in [0.3, 0.4) is 0 Å². The van der Waals surface area contributed by atoms with Gasteiger partial charge in [-0.3, -0.25) is 0 Å². The number of rotatable bonds is 0. The van der Waals surface area contributed by atoms with Crippen molar-refractivity contribution < 1.29 is 0 Å². The van der Waals surface area contributed by atoms with Crippen molar-refractivity contribution in [2.45, 2.75) is 26.2 Å². The van der Waals surface area contributed by atoms with Crippen LogP contribution >= 0.6 is 0 Å². The van der Waals surface area contributed by atoms with E-state index >= 15 is 0 Å². The fraction of sp³-hybridized carbons (Fsp3) is 0.667. The van der Waals surface area contributed by atoms with Crippen molar-refractivity contribution in [3.05, 3.63) is 11.9 Å². The lowest BCUT2D eigenvalue weighted by atomic mass is 9.93. The van der Waals surface area contributed by atoms with Crippen LogP contribution in [0.25, 0.3) is 0 Å². The summed E-state index contributed by atoms with van der Waals surface area (Å²) in [6.45, 7) is 6.20. The molecule has 1 aromatic rings. The molecule has 10 heavy (non-hydrogen) atoms. The average Bonchev–Trinajstić information content (AvgIpc) is 2.11. The maximum Gasteiger partial charge on any atom is 0.0902 e. The van der Waals surface area contributed by atoms with E-state index in [1.165, 1.54) is 4.79 Å². The van der Waals surface area contributed by atoms with Crippen molar-refractivity contribution in [3.8, 4) is 0 Å². The van der Waals surface area contributed by atoms with Crippen LogP contribution in [-0.2, 0) is 5.41 Å². The van der Waals surface area contributed by atoms with Crippen molar-refractivity contribution in [2.75, 3.05) is 5.84 Å². The molecule has 0 saturated heterocycles. The van der Waals surface area contributed by atoms with Crippen molar-refractivity contribution in [1.82, 2.24) is 15.1 Å². The number of nitrogens with zero attached hydrogens (tertiary/aromatic N) is 3. The Labute approximate surface area is 60.0 Å². The van der Waals surface area contributed by atoms with Gasteiger partial charge in [0, 0.05) is 5.41 Å². The molecule has 0 unspecified atom stereocenters. The Morgan fingerprint density at radius 2 is 2.10 bits per heavy atom. The Bertz CT molecular complexity index is 220. The smallest absolute Gasteiger partial charge is 0.0902 e. The number of nitrogens with two attached hydrogens (primary N) is 1. The lowest BCUT2D eigenvalue weighted by molar-refractivity contribution is 0.566. The molecular weight excluding hydrogens is 128 g/mol. The maximum atomic E-state index is 5.32. The van der Waals surface area contributed by atoms with Crippen LogP contribution < -0.4 is 5.84 Å². The second-order valence-electron chi connectivity index (χ2n) is 3.33. The number of aromatic nitrogens is 3. The third-order valence-electron chi connectivity index (χ3n) is 1.28. The first-order valence-electron chi connectivity index (χ1n) is 3.18. The summed E-state index contributed by atoms with van der Waals surface area (Å²) in [6.07, 6.45) is 1.72. The Morgan fingerprint density at radius 1 is 1.50 bits per heavy atom. The summed E-state index contributed by atoms with van der Waals surface area (Å²) < 4.78 is 0. The van der Waals surface area contributed by atoms with Crippen LogP contribution in [0.1, 0.15) is 26.5 Å². The summed E-state index contributed by atoms with van der Waals surface area (Å²) in [6, 6.07) is 0. The van der Waals surface area contributed by atoms with Gasteiger partial charge in [-0.25, -0.2) is 0 Å². The summed E-state index contributed by atoms with van der Waals surface area (Å²) >= 11 is 0. The normalized spacial score (nSPS) is 11.9. The largest absolute Gasteiger partial charge is 0.322 e. The molecule has 4 nitrogen and oxygen atoms in total. The van der Waals surface area contributed by atoms with Crippen LogP contribution in [0, 0.1) is 0 Å². The van der Waals surface area contributed by atoms with E-state index < -0.39 is 0 Å². The van der Waals surface area contributed by atoms with E-state index in [2.05, 4.69) is 31.1 Å². The first-order chi connectivity index (χ1) is 4.50. The zero-order valence-electron chi connectivity index (χ0n) is 6.50. The highest BCUT2D eigenvalue weighted by Gasteiger charge is 2.16. The predicted octanol–water partition coefficient (Wildman–Crippen LogP) is 0.289. The Kier molecular flexibility index (Phi) is 1.39. The molecule has 0 aromatic carbocycles. The first-order valence-corrected chi connectivity index (χ1v) is 3.18. The van der Waals surface area contributed by atoms with E-state index in [1.807, 2.05) is 0 Å². The van der Waals surface area contributed by atoms with Gasteiger partial charge in [-0.2, -0.15) is 4.79 Å². The maximum absolute atomic E-state index is 5.32. The minimum Gasteiger partial charge on any atom is -0.322 e. The highest BCUT2D eigenvalue weighted by atomic mass is 15.6. The summed E-state index contributed by atoms with van der Waals surface area (Å²) in [4.78, 5) is 1.22. The molecule has 1 heterocycles. The minimum absolute atomic E-state index is 0.0393. The molecule has 2 N–H and O–H groups in total. The lowest BCUT2D eigenvalue weighted by Crippen LogP contribution is -2.12. The Hall–Kier alpha value is -1.06. The van der Waals surface area contributed by atoms with Gasteiger partial charge in [-0.1, -0.05) is 20.8 Å². The lowest BCUT2D eigenvalue weighted by Gasteiger charge is -2.12. The minimum atomic E-state index is 0.0393. The van der Waals surface area contributed by atoms with Gasteiger partial charge in [0.05, 0.1) is 11.9 Å². The Balaban J connectivity index is 2.96. The highest BCUT2D eigenvalue weighted by molar-refractivity contribution is 5.05. The molecule has 1 rings (SSSR count).